The lowest BCUT2D eigenvalue weighted by atomic mass is 9.57. The Hall–Kier alpha value is -0.300. The smallest absolute Gasteiger partial charge is 0.0254 e. The largest absolute Gasteiger partial charge is 0.297 e. The summed E-state index contributed by atoms with van der Waals surface area (Å²) in [6.45, 7) is 17.1. The summed E-state index contributed by atoms with van der Waals surface area (Å²) in [7, 11) is 0. The average molecular weight is 292 g/mol. The molecule has 2 fully saturated rings. The van der Waals surface area contributed by atoms with Crippen molar-refractivity contribution in [2.45, 2.75) is 92.0 Å². The molecule has 0 aromatic carbocycles. The van der Waals surface area contributed by atoms with Crippen LogP contribution in [-0.4, -0.2) is 23.5 Å². The molecule has 1 heteroatoms. The first-order chi connectivity index (χ1) is 9.64. The Morgan fingerprint density at radius 2 is 1.38 bits per heavy atom. The fourth-order valence-corrected chi connectivity index (χ4v) is 5.52. The molecule has 1 aliphatic carbocycles. The predicted octanol–water partition coefficient (Wildman–Crippen LogP) is 5.80. The van der Waals surface area contributed by atoms with E-state index >= 15 is 0 Å². The van der Waals surface area contributed by atoms with Crippen LogP contribution in [0.1, 0.15) is 86.5 Å². The second kappa shape index (κ2) is 6.07. The molecule has 0 aromatic rings. The van der Waals surface area contributed by atoms with Crippen molar-refractivity contribution in [3.8, 4) is 0 Å². The standard InChI is InChI=1S/C20H37N/c1-17(2)10-11-20(21-12-8-7-9-13-21)15-18(3,4)14-19(5,6)16-20/h10H,7-9,11-16H2,1-6H3. The molecule has 0 radical (unpaired) electrons. The summed E-state index contributed by atoms with van der Waals surface area (Å²) in [5.41, 5.74) is 2.82. The zero-order chi connectivity index (χ0) is 15.7. The van der Waals surface area contributed by atoms with Gasteiger partial charge in [-0.25, -0.2) is 0 Å². The minimum Gasteiger partial charge on any atom is -0.297 e. The number of hydrogen-bond acceptors (Lipinski definition) is 1. The van der Waals surface area contributed by atoms with Crippen molar-refractivity contribution in [1.82, 2.24) is 4.90 Å². The number of piperidine rings is 1. The second-order valence-electron chi connectivity index (χ2n) is 9.62. The first kappa shape index (κ1) is 17.1. The molecule has 1 heterocycles. The minimum atomic E-state index is 0.406. The van der Waals surface area contributed by atoms with Crippen molar-refractivity contribution < 1.29 is 0 Å². The zero-order valence-corrected chi connectivity index (χ0v) is 15.4. The maximum absolute atomic E-state index is 2.87. The SMILES string of the molecule is CC(C)=CCC1(N2CCCCC2)CC(C)(C)CC(C)(C)C1. The Labute approximate surface area is 133 Å². The lowest BCUT2D eigenvalue weighted by Crippen LogP contribution is -2.58. The Morgan fingerprint density at radius 1 is 0.857 bits per heavy atom. The Bertz CT molecular complexity index is 363. The van der Waals surface area contributed by atoms with Gasteiger partial charge in [0, 0.05) is 5.54 Å². The molecule has 0 N–H and O–H groups in total. The van der Waals surface area contributed by atoms with E-state index in [-0.39, 0.29) is 0 Å². The maximum Gasteiger partial charge on any atom is 0.0254 e. The third-order valence-electron chi connectivity index (χ3n) is 5.49. The fourth-order valence-electron chi connectivity index (χ4n) is 5.52. The number of nitrogens with zero attached hydrogens (tertiary/aromatic N) is 1. The molecule has 0 aromatic heterocycles. The summed E-state index contributed by atoms with van der Waals surface area (Å²) in [6, 6.07) is 0. The second-order valence-corrected chi connectivity index (χ2v) is 9.62. The van der Waals surface area contributed by atoms with Gasteiger partial charge in [0.15, 0.2) is 0 Å². The van der Waals surface area contributed by atoms with Crippen molar-refractivity contribution >= 4 is 0 Å². The molecule has 0 unspecified atom stereocenters. The fraction of sp³-hybridized carbons (Fsp3) is 0.900. The van der Waals surface area contributed by atoms with Gasteiger partial charge in [-0.15, -0.1) is 0 Å². The van der Waals surface area contributed by atoms with Gasteiger partial charge in [0.25, 0.3) is 0 Å². The summed E-state index contributed by atoms with van der Waals surface area (Å²) >= 11 is 0. The van der Waals surface area contributed by atoms with Gasteiger partial charge in [-0.1, -0.05) is 45.8 Å². The van der Waals surface area contributed by atoms with Crippen LogP contribution >= 0.6 is 0 Å². The highest BCUT2D eigenvalue weighted by atomic mass is 15.2. The molecule has 2 aliphatic rings. The van der Waals surface area contributed by atoms with Gasteiger partial charge in [0.2, 0.25) is 0 Å². The summed E-state index contributed by atoms with van der Waals surface area (Å²) in [5.74, 6) is 0. The Morgan fingerprint density at radius 3 is 1.86 bits per heavy atom. The molecule has 122 valence electrons. The van der Waals surface area contributed by atoms with Crippen molar-refractivity contribution in [3.05, 3.63) is 11.6 Å². The molecule has 1 saturated heterocycles. The lowest BCUT2D eigenvalue weighted by Gasteiger charge is -2.57. The average Bonchev–Trinajstić information content (AvgIpc) is 2.34. The molecule has 0 atom stereocenters. The van der Waals surface area contributed by atoms with E-state index in [9.17, 15) is 0 Å². The minimum absolute atomic E-state index is 0.406. The third-order valence-corrected chi connectivity index (χ3v) is 5.49. The number of allylic oxidation sites excluding steroid dienone is 1. The van der Waals surface area contributed by atoms with Crippen molar-refractivity contribution in [2.75, 3.05) is 13.1 Å². The summed E-state index contributed by atoms with van der Waals surface area (Å²) in [4.78, 5) is 2.87. The number of likely N-dealkylation sites (tertiary alicyclic amines) is 1. The third kappa shape index (κ3) is 4.34. The van der Waals surface area contributed by atoms with E-state index in [4.69, 9.17) is 0 Å². The molecule has 2 rings (SSSR count). The summed E-state index contributed by atoms with van der Waals surface area (Å²) in [6.07, 6.45) is 12.1. The first-order valence-corrected chi connectivity index (χ1v) is 9.03. The van der Waals surface area contributed by atoms with Gasteiger partial charge in [-0.05, 0) is 76.3 Å². The van der Waals surface area contributed by atoms with Crippen LogP contribution in [0.5, 0.6) is 0 Å². The van der Waals surface area contributed by atoms with Crippen LogP contribution in [0.3, 0.4) is 0 Å². The highest BCUT2D eigenvalue weighted by molar-refractivity contribution is 5.09. The monoisotopic (exact) mass is 291 g/mol. The predicted molar refractivity (Wildman–Crippen MR) is 93.6 cm³/mol. The molecule has 0 bridgehead atoms. The van der Waals surface area contributed by atoms with E-state index in [1.165, 1.54) is 63.6 Å². The van der Waals surface area contributed by atoms with E-state index < -0.39 is 0 Å². The van der Waals surface area contributed by atoms with Crippen LogP contribution < -0.4 is 0 Å². The molecular formula is C20H37N. The van der Waals surface area contributed by atoms with Crippen LogP contribution in [-0.2, 0) is 0 Å². The molecule has 0 amide bonds. The van der Waals surface area contributed by atoms with Gasteiger partial charge in [-0.2, -0.15) is 0 Å². The topological polar surface area (TPSA) is 3.24 Å². The molecule has 1 saturated carbocycles. The van der Waals surface area contributed by atoms with E-state index in [1.807, 2.05) is 0 Å². The highest BCUT2D eigenvalue weighted by Crippen LogP contribution is 2.54. The van der Waals surface area contributed by atoms with Crippen LogP contribution in [0.25, 0.3) is 0 Å². The van der Waals surface area contributed by atoms with Gasteiger partial charge in [0.1, 0.15) is 0 Å². The van der Waals surface area contributed by atoms with Crippen LogP contribution in [0.15, 0.2) is 11.6 Å². The van der Waals surface area contributed by atoms with E-state index in [0.717, 1.165) is 0 Å². The van der Waals surface area contributed by atoms with Gasteiger partial charge < -0.3 is 0 Å². The Balaban J connectivity index is 2.31. The van der Waals surface area contributed by atoms with Crippen molar-refractivity contribution in [1.29, 1.82) is 0 Å². The van der Waals surface area contributed by atoms with Gasteiger partial charge >= 0.3 is 0 Å². The summed E-state index contributed by atoms with van der Waals surface area (Å²) in [5, 5.41) is 0. The van der Waals surface area contributed by atoms with Crippen LogP contribution in [0.2, 0.25) is 0 Å². The molecule has 21 heavy (non-hydrogen) atoms. The van der Waals surface area contributed by atoms with Crippen LogP contribution in [0, 0.1) is 10.8 Å². The molecule has 1 nitrogen and oxygen atoms in total. The van der Waals surface area contributed by atoms with Crippen molar-refractivity contribution in [2.24, 2.45) is 10.8 Å². The Kier molecular flexibility index (Phi) is 4.93. The summed E-state index contributed by atoms with van der Waals surface area (Å²) < 4.78 is 0. The van der Waals surface area contributed by atoms with Gasteiger partial charge in [0.05, 0.1) is 0 Å². The highest BCUT2D eigenvalue weighted by Gasteiger charge is 2.49. The zero-order valence-electron chi connectivity index (χ0n) is 15.4. The van der Waals surface area contributed by atoms with Crippen molar-refractivity contribution in [3.63, 3.8) is 0 Å². The molecular weight excluding hydrogens is 254 g/mol. The quantitative estimate of drug-likeness (QED) is 0.594. The molecule has 1 aliphatic heterocycles. The van der Waals surface area contributed by atoms with Gasteiger partial charge in [-0.3, -0.25) is 4.90 Å². The maximum atomic E-state index is 2.87. The first-order valence-electron chi connectivity index (χ1n) is 9.03. The van der Waals surface area contributed by atoms with E-state index in [0.29, 0.717) is 16.4 Å². The molecule has 0 spiro atoms. The van der Waals surface area contributed by atoms with Crippen LogP contribution in [0.4, 0.5) is 0 Å². The van der Waals surface area contributed by atoms with E-state index in [1.54, 1.807) is 0 Å². The van der Waals surface area contributed by atoms with E-state index in [2.05, 4.69) is 52.5 Å². The normalized spacial score (nSPS) is 28.1. The number of hydrogen-bond donors (Lipinski definition) is 0. The lowest BCUT2D eigenvalue weighted by molar-refractivity contribution is -0.0546. The number of rotatable bonds is 3.